The van der Waals surface area contributed by atoms with Crippen molar-refractivity contribution in [3.63, 3.8) is 0 Å². The predicted molar refractivity (Wildman–Crippen MR) is 79.4 cm³/mol. The van der Waals surface area contributed by atoms with E-state index >= 15 is 0 Å². The second kappa shape index (κ2) is 5.23. The third-order valence-corrected chi connectivity index (χ3v) is 4.73. The first kappa shape index (κ1) is 13.1. The summed E-state index contributed by atoms with van der Waals surface area (Å²) in [6.07, 6.45) is 1.01. The number of ether oxygens (including phenoxy) is 1. The minimum absolute atomic E-state index is 0.313. The van der Waals surface area contributed by atoms with Crippen molar-refractivity contribution in [2.75, 3.05) is 24.7 Å². The lowest BCUT2D eigenvalue weighted by atomic mass is 10.2. The smallest absolute Gasteiger partial charge is 0.225 e. The van der Waals surface area contributed by atoms with Gasteiger partial charge in [0, 0.05) is 11.4 Å². The molecule has 0 aromatic carbocycles. The SMILES string of the molecule is CCc1cc2c(N3CCOCC3C)nc(Cl)nc2s1. The van der Waals surface area contributed by atoms with Crippen LogP contribution >= 0.6 is 22.9 Å². The molecular weight excluding hydrogens is 282 g/mol. The molecule has 1 fully saturated rings. The van der Waals surface area contributed by atoms with Crippen LogP contribution in [0.4, 0.5) is 5.82 Å². The molecule has 0 spiro atoms. The number of hydrogen-bond acceptors (Lipinski definition) is 5. The van der Waals surface area contributed by atoms with Gasteiger partial charge in [-0.25, -0.2) is 4.98 Å². The summed E-state index contributed by atoms with van der Waals surface area (Å²) in [5.74, 6) is 0.946. The highest BCUT2D eigenvalue weighted by molar-refractivity contribution is 7.18. The molecular formula is C13H16ClN3OS. The average molecular weight is 298 g/mol. The van der Waals surface area contributed by atoms with Crippen LogP contribution in [-0.2, 0) is 11.2 Å². The van der Waals surface area contributed by atoms with Crippen LogP contribution < -0.4 is 4.90 Å². The van der Waals surface area contributed by atoms with Crippen molar-refractivity contribution in [2.24, 2.45) is 0 Å². The average Bonchev–Trinajstić information content (AvgIpc) is 2.81. The number of anilines is 1. The van der Waals surface area contributed by atoms with Gasteiger partial charge in [-0.1, -0.05) is 6.92 Å². The molecule has 1 aliphatic heterocycles. The molecule has 0 amide bonds. The Hall–Kier alpha value is -0.910. The van der Waals surface area contributed by atoms with Crippen molar-refractivity contribution in [3.8, 4) is 0 Å². The number of halogens is 1. The van der Waals surface area contributed by atoms with Crippen LogP contribution in [0.25, 0.3) is 10.2 Å². The van der Waals surface area contributed by atoms with Crippen molar-refractivity contribution in [1.82, 2.24) is 9.97 Å². The molecule has 0 bridgehead atoms. The molecule has 1 saturated heterocycles. The van der Waals surface area contributed by atoms with Crippen molar-refractivity contribution in [1.29, 1.82) is 0 Å². The van der Waals surface area contributed by atoms with Crippen molar-refractivity contribution in [3.05, 3.63) is 16.2 Å². The highest BCUT2D eigenvalue weighted by Gasteiger charge is 2.23. The molecule has 0 saturated carbocycles. The van der Waals surface area contributed by atoms with E-state index in [0.717, 1.165) is 42.2 Å². The lowest BCUT2D eigenvalue weighted by molar-refractivity contribution is 0.0987. The number of thiophene rings is 1. The van der Waals surface area contributed by atoms with Gasteiger partial charge in [0.25, 0.3) is 0 Å². The monoisotopic (exact) mass is 297 g/mol. The second-order valence-corrected chi connectivity index (χ2v) is 6.17. The van der Waals surface area contributed by atoms with Crippen LogP contribution in [0, 0.1) is 0 Å². The first-order valence-electron chi connectivity index (χ1n) is 6.49. The van der Waals surface area contributed by atoms with E-state index in [4.69, 9.17) is 16.3 Å². The van der Waals surface area contributed by atoms with Crippen LogP contribution in [-0.4, -0.2) is 35.8 Å². The molecule has 19 heavy (non-hydrogen) atoms. The number of fused-ring (bicyclic) bond motifs is 1. The summed E-state index contributed by atoms with van der Waals surface area (Å²) in [5.41, 5.74) is 0. The van der Waals surface area contributed by atoms with E-state index < -0.39 is 0 Å². The third-order valence-electron chi connectivity index (χ3n) is 3.38. The molecule has 1 unspecified atom stereocenters. The molecule has 2 aromatic heterocycles. The summed E-state index contributed by atoms with van der Waals surface area (Å²) >= 11 is 7.77. The zero-order chi connectivity index (χ0) is 13.4. The predicted octanol–water partition coefficient (Wildman–Crippen LogP) is 3.13. The fourth-order valence-electron chi connectivity index (χ4n) is 2.37. The number of aromatic nitrogens is 2. The fourth-order valence-corrected chi connectivity index (χ4v) is 3.54. The molecule has 4 nitrogen and oxygen atoms in total. The Bertz CT molecular complexity index is 601. The van der Waals surface area contributed by atoms with Crippen LogP contribution in [0.2, 0.25) is 5.28 Å². The van der Waals surface area contributed by atoms with E-state index in [-0.39, 0.29) is 0 Å². The van der Waals surface area contributed by atoms with Gasteiger partial charge in [0.2, 0.25) is 5.28 Å². The van der Waals surface area contributed by atoms with Gasteiger partial charge in [0.05, 0.1) is 24.6 Å². The molecule has 1 atom stereocenters. The summed E-state index contributed by atoms with van der Waals surface area (Å²) in [4.78, 5) is 13.4. The number of nitrogens with zero attached hydrogens (tertiary/aromatic N) is 3. The Labute approximate surface area is 121 Å². The largest absolute Gasteiger partial charge is 0.377 e. The number of rotatable bonds is 2. The highest BCUT2D eigenvalue weighted by atomic mass is 35.5. The standard InChI is InChI=1S/C13H16ClN3OS/c1-3-9-6-10-11(15-13(14)16-12(10)19-9)17-4-5-18-7-8(17)2/h6,8H,3-5,7H2,1-2H3. The molecule has 6 heteroatoms. The van der Waals surface area contributed by atoms with Gasteiger partial charge < -0.3 is 9.64 Å². The van der Waals surface area contributed by atoms with E-state index in [1.54, 1.807) is 11.3 Å². The Morgan fingerprint density at radius 1 is 1.53 bits per heavy atom. The molecule has 3 rings (SSSR count). The number of hydrogen-bond donors (Lipinski definition) is 0. The van der Waals surface area contributed by atoms with E-state index in [1.807, 2.05) is 0 Å². The molecule has 0 N–H and O–H groups in total. The molecule has 1 aliphatic rings. The zero-order valence-corrected chi connectivity index (χ0v) is 12.6. The summed E-state index contributed by atoms with van der Waals surface area (Å²) in [7, 11) is 0. The maximum absolute atomic E-state index is 6.07. The van der Waals surface area contributed by atoms with E-state index in [9.17, 15) is 0 Å². The maximum Gasteiger partial charge on any atom is 0.225 e. The lowest BCUT2D eigenvalue weighted by Gasteiger charge is -2.34. The zero-order valence-electron chi connectivity index (χ0n) is 11.0. The fraction of sp³-hybridized carbons (Fsp3) is 0.538. The van der Waals surface area contributed by atoms with Crippen LogP contribution in [0.15, 0.2) is 6.07 Å². The molecule has 0 aliphatic carbocycles. The number of aryl methyl sites for hydroxylation is 1. The van der Waals surface area contributed by atoms with Gasteiger partial charge in [-0.15, -0.1) is 11.3 Å². The van der Waals surface area contributed by atoms with E-state index in [2.05, 4.69) is 34.8 Å². The Morgan fingerprint density at radius 3 is 3.11 bits per heavy atom. The van der Waals surface area contributed by atoms with E-state index in [1.165, 1.54) is 4.88 Å². The van der Waals surface area contributed by atoms with Gasteiger partial charge in [-0.3, -0.25) is 0 Å². The highest BCUT2D eigenvalue weighted by Crippen LogP contribution is 2.33. The molecule has 2 aromatic rings. The van der Waals surface area contributed by atoms with Crippen LogP contribution in [0.5, 0.6) is 0 Å². The van der Waals surface area contributed by atoms with Crippen molar-refractivity contribution < 1.29 is 4.74 Å². The Kier molecular flexibility index (Phi) is 3.60. The second-order valence-electron chi connectivity index (χ2n) is 4.72. The first-order chi connectivity index (χ1) is 9.19. The lowest BCUT2D eigenvalue weighted by Crippen LogP contribution is -2.44. The Morgan fingerprint density at radius 2 is 2.37 bits per heavy atom. The Balaban J connectivity index is 2.12. The normalized spacial score (nSPS) is 20.2. The van der Waals surface area contributed by atoms with E-state index in [0.29, 0.717) is 11.3 Å². The topological polar surface area (TPSA) is 38.2 Å². The minimum atomic E-state index is 0.313. The van der Waals surface area contributed by atoms with Gasteiger partial charge >= 0.3 is 0 Å². The third kappa shape index (κ3) is 2.42. The number of morpholine rings is 1. The van der Waals surface area contributed by atoms with Crippen molar-refractivity contribution in [2.45, 2.75) is 26.3 Å². The molecule has 3 heterocycles. The molecule has 0 radical (unpaired) electrons. The summed E-state index contributed by atoms with van der Waals surface area (Å²) in [6, 6.07) is 2.50. The quantitative estimate of drug-likeness (QED) is 0.798. The van der Waals surface area contributed by atoms with Crippen LogP contribution in [0.3, 0.4) is 0 Å². The molecule has 102 valence electrons. The summed E-state index contributed by atoms with van der Waals surface area (Å²) in [6.45, 7) is 6.61. The van der Waals surface area contributed by atoms with Gasteiger partial charge in [0.15, 0.2) is 0 Å². The maximum atomic E-state index is 6.07. The first-order valence-corrected chi connectivity index (χ1v) is 7.69. The summed E-state index contributed by atoms with van der Waals surface area (Å²) < 4.78 is 5.49. The van der Waals surface area contributed by atoms with Crippen LogP contribution in [0.1, 0.15) is 18.7 Å². The van der Waals surface area contributed by atoms with Gasteiger partial charge in [-0.2, -0.15) is 4.98 Å². The van der Waals surface area contributed by atoms with Crippen molar-refractivity contribution >= 4 is 39.0 Å². The van der Waals surface area contributed by atoms with Gasteiger partial charge in [0.1, 0.15) is 10.6 Å². The summed E-state index contributed by atoms with van der Waals surface area (Å²) in [5, 5.41) is 1.44. The minimum Gasteiger partial charge on any atom is -0.377 e. The van der Waals surface area contributed by atoms with Gasteiger partial charge in [-0.05, 0) is 31.0 Å².